The molecule has 1 aromatic carbocycles. The molecule has 1 aromatic rings. The lowest BCUT2D eigenvalue weighted by molar-refractivity contribution is -0.153. The van der Waals surface area contributed by atoms with Crippen LogP contribution in [0, 0.1) is 5.41 Å². The molecular formula is C14H18O4. The van der Waals surface area contributed by atoms with Crippen molar-refractivity contribution in [3.05, 3.63) is 35.9 Å². The summed E-state index contributed by atoms with van der Waals surface area (Å²) < 4.78 is 4.77. The SMILES string of the molecule is COC(=O)C(C)(C)[C@H](CC(=O)O)c1ccccc1. The molecule has 0 heterocycles. The standard InChI is InChI=1S/C14H18O4/c1-14(2,13(17)18-3)11(9-12(15)16)10-7-5-4-6-8-10/h4-8,11H,9H2,1-3H3,(H,15,16)/t11-/m1/s1. The summed E-state index contributed by atoms with van der Waals surface area (Å²) in [6.45, 7) is 3.42. The molecule has 0 bridgehead atoms. The minimum Gasteiger partial charge on any atom is -0.481 e. The van der Waals surface area contributed by atoms with Crippen LogP contribution < -0.4 is 0 Å². The lowest BCUT2D eigenvalue weighted by atomic mass is 9.73. The molecule has 0 amide bonds. The zero-order chi connectivity index (χ0) is 13.8. The van der Waals surface area contributed by atoms with Crippen LogP contribution >= 0.6 is 0 Å². The second-order valence-corrected chi connectivity index (χ2v) is 4.77. The van der Waals surface area contributed by atoms with E-state index >= 15 is 0 Å². The number of benzene rings is 1. The Balaban J connectivity index is 3.13. The predicted molar refractivity (Wildman–Crippen MR) is 67.2 cm³/mol. The number of methoxy groups -OCH3 is 1. The van der Waals surface area contributed by atoms with Gasteiger partial charge >= 0.3 is 11.9 Å². The second-order valence-electron chi connectivity index (χ2n) is 4.77. The van der Waals surface area contributed by atoms with Crippen molar-refractivity contribution >= 4 is 11.9 Å². The maximum Gasteiger partial charge on any atom is 0.311 e. The van der Waals surface area contributed by atoms with Crippen LogP contribution in [0.5, 0.6) is 0 Å². The summed E-state index contributed by atoms with van der Waals surface area (Å²) in [5.41, 5.74) is -0.0515. The van der Waals surface area contributed by atoms with E-state index in [0.717, 1.165) is 5.56 Å². The minimum absolute atomic E-state index is 0.105. The quantitative estimate of drug-likeness (QED) is 0.815. The molecular weight excluding hydrogens is 232 g/mol. The Morgan fingerprint density at radius 2 is 1.83 bits per heavy atom. The van der Waals surface area contributed by atoms with Crippen molar-refractivity contribution in [1.29, 1.82) is 0 Å². The van der Waals surface area contributed by atoms with Crippen LogP contribution in [0.2, 0.25) is 0 Å². The average Bonchev–Trinajstić information content (AvgIpc) is 2.35. The Kier molecular flexibility index (Phi) is 4.48. The molecule has 0 radical (unpaired) electrons. The number of rotatable bonds is 5. The van der Waals surface area contributed by atoms with Crippen LogP contribution in [0.25, 0.3) is 0 Å². The zero-order valence-electron chi connectivity index (χ0n) is 10.8. The van der Waals surface area contributed by atoms with E-state index in [1.165, 1.54) is 7.11 Å². The Hall–Kier alpha value is -1.84. The number of esters is 1. The van der Waals surface area contributed by atoms with E-state index < -0.39 is 23.3 Å². The van der Waals surface area contributed by atoms with Gasteiger partial charge < -0.3 is 9.84 Å². The first kappa shape index (κ1) is 14.2. The van der Waals surface area contributed by atoms with E-state index in [9.17, 15) is 9.59 Å². The van der Waals surface area contributed by atoms with Gasteiger partial charge in [0.15, 0.2) is 0 Å². The number of aliphatic carboxylic acids is 1. The highest BCUT2D eigenvalue weighted by molar-refractivity contribution is 5.79. The number of carboxylic acids is 1. The Morgan fingerprint density at radius 1 is 1.28 bits per heavy atom. The molecule has 0 aliphatic rings. The first-order chi connectivity index (χ1) is 8.39. The van der Waals surface area contributed by atoms with Crippen molar-refractivity contribution in [1.82, 2.24) is 0 Å². The molecule has 0 spiro atoms. The number of hydrogen-bond acceptors (Lipinski definition) is 3. The van der Waals surface area contributed by atoms with Crippen LogP contribution in [-0.2, 0) is 14.3 Å². The van der Waals surface area contributed by atoms with Gasteiger partial charge in [-0.05, 0) is 19.4 Å². The molecule has 1 N–H and O–H groups in total. The van der Waals surface area contributed by atoms with Crippen molar-refractivity contribution in [2.24, 2.45) is 5.41 Å². The van der Waals surface area contributed by atoms with Crippen molar-refractivity contribution in [3.8, 4) is 0 Å². The summed E-state index contributed by atoms with van der Waals surface area (Å²) in [5.74, 6) is -1.75. The molecule has 98 valence electrons. The Morgan fingerprint density at radius 3 is 2.28 bits per heavy atom. The van der Waals surface area contributed by atoms with Gasteiger partial charge in [-0.1, -0.05) is 30.3 Å². The first-order valence-electron chi connectivity index (χ1n) is 5.74. The molecule has 0 unspecified atom stereocenters. The van der Waals surface area contributed by atoms with Crippen LogP contribution in [0.3, 0.4) is 0 Å². The largest absolute Gasteiger partial charge is 0.481 e. The number of carboxylic acid groups (broad SMARTS) is 1. The van der Waals surface area contributed by atoms with Gasteiger partial charge in [-0.3, -0.25) is 9.59 Å². The number of hydrogen-bond donors (Lipinski definition) is 1. The zero-order valence-corrected chi connectivity index (χ0v) is 10.8. The highest BCUT2D eigenvalue weighted by Gasteiger charge is 2.39. The van der Waals surface area contributed by atoms with Gasteiger partial charge in [0.2, 0.25) is 0 Å². The first-order valence-corrected chi connectivity index (χ1v) is 5.74. The maximum atomic E-state index is 11.8. The second kappa shape index (κ2) is 5.67. The van der Waals surface area contributed by atoms with E-state index in [1.807, 2.05) is 30.3 Å². The van der Waals surface area contributed by atoms with E-state index in [1.54, 1.807) is 13.8 Å². The number of ether oxygens (including phenoxy) is 1. The monoisotopic (exact) mass is 250 g/mol. The fraction of sp³-hybridized carbons (Fsp3) is 0.429. The lowest BCUT2D eigenvalue weighted by Gasteiger charge is -2.31. The average molecular weight is 250 g/mol. The fourth-order valence-corrected chi connectivity index (χ4v) is 2.05. The Labute approximate surface area is 107 Å². The molecule has 0 aromatic heterocycles. The van der Waals surface area contributed by atoms with Gasteiger partial charge in [0.05, 0.1) is 18.9 Å². The molecule has 4 nitrogen and oxygen atoms in total. The third kappa shape index (κ3) is 3.09. The van der Waals surface area contributed by atoms with E-state index in [-0.39, 0.29) is 6.42 Å². The number of carbonyl (C=O) groups excluding carboxylic acids is 1. The summed E-state index contributed by atoms with van der Waals surface area (Å²) in [7, 11) is 1.31. The summed E-state index contributed by atoms with van der Waals surface area (Å²) in [5, 5.41) is 9.01. The third-order valence-electron chi connectivity index (χ3n) is 3.16. The molecule has 4 heteroatoms. The number of carbonyl (C=O) groups is 2. The summed E-state index contributed by atoms with van der Waals surface area (Å²) >= 11 is 0. The van der Waals surface area contributed by atoms with Crippen LogP contribution in [-0.4, -0.2) is 24.2 Å². The van der Waals surface area contributed by atoms with E-state index in [0.29, 0.717) is 0 Å². The molecule has 0 aliphatic heterocycles. The van der Waals surface area contributed by atoms with Gasteiger partial charge in [0.1, 0.15) is 0 Å². The van der Waals surface area contributed by atoms with Gasteiger partial charge in [0.25, 0.3) is 0 Å². The van der Waals surface area contributed by atoms with Gasteiger partial charge in [-0.15, -0.1) is 0 Å². The highest BCUT2D eigenvalue weighted by atomic mass is 16.5. The predicted octanol–water partition coefficient (Wildman–Crippen LogP) is 2.44. The fourth-order valence-electron chi connectivity index (χ4n) is 2.05. The van der Waals surface area contributed by atoms with Crippen LogP contribution in [0.1, 0.15) is 31.7 Å². The normalized spacial score (nSPS) is 12.8. The van der Waals surface area contributed by atoms with Gasteiger partial charge in [0, 0.05) is 5.92 Å². The summed E-state index contributed by atoms with van der Waals surface area (Å²) in [4.78, 5) is 22.8. The van der Waals surface area contributed by atoms with Crippen molar-refractivity contribution in [2.75, 3.05) is 7.11 Å². The summed E-state index contributed by atoms with van der Waals surface area (Å²) in [6, 6.07) is 9.18. The smallest absolute Gasteiger partial charge is 0.311 e. The molecule has 18 heavy (non-hydrogen) atoms. The molecule has 0 saturated heterocycles. The lowest BCUT2D eigenvalue weighted by Crippen LogP contribution is -2.34. The van der Waals surface area contributed by atoms with Crippen molar-refractivity contribution in [2.45, 2.75) is 26.2 Å². The molecule has 0 aliphatic carbocycles. The van der Waals surface area contributed by atoms with E-state index in [4.69, 9.17) is 9.84 Å². The minimum atomic E-state index is -0.930. The van der Waals surface area contributed by atoms with Gasteiger partial charge in [-0.25, -0.2) is 0 Å². The molecule has 1 rings (SSSR count). The third-order valence-corrected chi connectivity index (χ3v) is 3.16. The van der Waals surface area contributed by atoms with Crippen LogP contribution in [0.15, 0.2) is 30.3 Å². The van der Waals surface area contributed by atoms with Crippen molar-refractivity contribution < 1.29 is 19.4 Å². The summed E-state index contributed by atoms with van der Waals surface area (Å²) in [6.07, 6.45) is -0.105. The highest BCUT2D eigenvalue weighted by Crippen LogP contribution is 2.39. The van der Waals surface area contributed by atoms with E-state index in [2.05, 4.69) is 0 Å². The maximum absolute atomic E-state index is 11.8. The van der Waals surface area contributed by atoms with Gasteiger partial charge in [-0.2, -0.15) is 0 Å². The molecule has 0 saturated carbocycles. The topological polar surface area (TPSA) is 63.6 Å². The van der Waals surface area contributed by atoms with Crippen LogP contribution in [0.4, 0.5) is 0 Å². The van der Waals surface area contributed by atoms with Crippen molar-refractivity contribution in [3.63, 3.8) is 0 Å². The Bertz CT molecular complexity index is 423. The molecule has 0 fully saturated rings. The molecule has 1 atom stereocenters.